The van der Waals surface area contributed by atoms with Crippen molar-refractivity contribution < 1.29 is 4.79 Å². The smallest absolute Gasteiger partial charge is 0.237 e. The van der Waals surface area contributed by atoms with E-state index in [1.165, 1.54) is 0 Å². The van der Waals surface area contributed by atoms with Crippen LogP contribution in [-0.2, 0) is 4.79 Å². The number of aromatic nitrogens is 2. The molecule has 0 bridgehead atoms. The number of nitrogens with zero attached hydrogens (tertiary/aromatic N) is 3. The third kappa shape index (κ3) is 4.95. The highest BCUT2D eigenvalue weighted by Crippen LogP contribution is 2.24. The minimum Gasteiger partial charge on any atom is -0.373 e. The van der Waals surface area contributed by atoms with Crippen molar-refractivity contribution in [2.24, 2.45) is 11.7 Å². The van der Waals surface area contributed by atoms with Crippen molar-refractivity contribution in [2.45, 2.75) is 45.2 Å². The average Bonchev–Trinajstić information content (AvgIpc) is 3.06. The molecule has 4 N–H and O–H groups in total. The summed E-state index contributed by atoms with van der Waals surface area (Å²) in [6.45, 7) is 5.59. The molecule has 0 spiro atoms. The van der Waals surface area contributed by atoms with Crippen molar-refractivity contribution in [3.8, 4) is 0 Å². The summed E-state index contributed by atoms with van der Waals surface area (Å²) in [6, 6.07) is 1.75. The van der Waals surface area contributed by atoms with Gasteiger partial charge in [0.15, 0.2) is 0 Å². The molecule has 1 amide bonds. The Morgan fingerprint density at radius 2 is 2.25 bits per heavy atom. The summed E-state index contributed by atoms with van der Waals surface area (Å²) >= 11 is 0. The predicted molar refractivity (Wildman–Crippen MR) is 99.6 cm³/mol. The van der Waals surface area contributed by atoms with E-state index in [4.69, 9.17) is 5.73 Å². The molecule has 1 fully saturated rings. The number of carbonyl (C=O) groups excluding carboxylic acids is 1. The lowest BCUT2D eigenvalue weighted by Gasteiger charge is -2.27. The number of carbonyl (C=O) groups is 1. The van der Waals surface area contributed by atoms with Gasteiger partial charge in [0.2, 0.25) is 5.91 Å². The Labute approximate surface area is 150 Å². The molecule has 3 atom stereocenters. The van der Waals surface area contributed by atoms with Crippen LogP contribution in [0, 0.1) is 5.92 Å². The molecule has 7 nitrogen and oxygen atoms in total. The minimum absolute atomic E-state index is 0. The van der Waals surface area contributed by atoms with Crippen LogP contribution in [0.3, 0.4) is 0 Å². The molecule has 1 aromatic rings. The van der Waals surface area contributed by atoms with E-state index < -0.39 is 6.04 Å². The SMILES string of the molecule is CCC(C)C(N)C(=O)NCC1CCCN1c1cc(NC)ncn1.Cl. The van der Waals surface area contributed by atoms with Gasteiger partial charge in [-0.05, 0) is 18.8 Å². The first kappa shape index (κ1) is 20.4. The third-order valence-electron chi connectivity index (χ3n) is 4.65. The van der Waals surface area contributed by atoms with Gasteiger partial charge in [0.05, 0.1) is 6.04 Å². The largest absolute Gasteiger partial charge is 0.373 e. The summed E-state index contributed by atoms with van der Waals surface area (Å²) in [7, 11) is 1.84. The lowest BCUT2D eigenvalue weighted by molar-refractivity contribution is -0.123. The molecule has 2 rings (SSSR count). The van der Waals surface area contributed by atoms with E-state index in [0.29, 0.717) is 6.54 Å². The third-order valence-corrected chi connectivity index (χ3v) is 4.65. The van der Waals surface area contributed by atoms with Crippen molar-refractivity contribution in [1.29, 1.82) is 0 Å². The highest BCUT2D eigenvalue weighted by Gasteiger charge is 2.27. The molecule has 1 aliphatic heterocycles. The first-order valence-corrected chi connectivity index (χ1v) is 8.36. The number of hydrogen-bond donors (Lipinski definition) is 3. The van der Waals surface area contributed by atoms with Crippen molar-refractivity contribution in [2.75, 3.05) is 30.4 Å². The van der Waals surface area contributed by atoms with Crippen molar-refractivity contribution >= 4 is 29.9 Å². The zero-order valence-corrected chi connectivity index (χ0v) is 15.5. The van der Waals surface area contributed by atoms with Crippen molar-refractivity contribution in [3.63, 3.8) is 0 Å². The van der Waals surface area contributed by atoms with Crippen molar-refractivity contribution in [3.05, 3.63) is 12.4 Å². The normalized spacial score (nSPS) is 19.3. The highest BCUT2D eigenvalue weighted by molar-refractivity contribution is 5.85. The molecule has 0 aromatic carbocycles. The topological polar surface area (TPSA) is 96.2 Å². The maximum Gasteiger partial charge on any atom is 0.237 e. The second-order valence-corrected chi connectivity index (χ2v) is 6.16. The molecule has 0 aliphatic carbocycles. The van der Waals surface area contributed by atoms with Gasteiger partial charge in [0.1, 0.15) is 18.0 Å². The Morgan fingerprint density at radius 3 is 2.92 bits per heavy atom. The molecular weight excluding hydrogens is 328 g/mol. The number of hydrogen-bond acceptors (Lipinski definition) is 6. The molecule has 1 aromatic heterocycles. The number of nitrogens with one attached hydrogen (secondary N) is 2. The Balaban J connectivity index is 0.00000288. The van der Waals surface area contributed by atoms with E-state index in [0.717, 1.165) is 37.4 Å². The zero-order chi connectivity index (χ0) is 16.8. The summed E-state index contributed by atoms with van der Waals surface area (Å²) in [5.41, 5.74) is 5.99. The molecular formula is C16H29ClN6O. The standard InChI is InChI=1S/C16H28N6O.ClH/c1-4-11(2)15(17)16(23)19-9-12-6-5-7-22(12)14-8-13(18-3)20-10-21-14;/h8,10-12,15H,4-7,9,17H2,1-3H3,(H,19,23)(H,18,20,21);1H. The fourth-order valence-electron chi connectivity index (χ4n) is 2.84. The second-order valence-electron chi connectivity index (χ2n) is 6.16. The number of rotatable bonds is 7. The van der Waals surface area contributed by atoms with E-state index in [1.54, 1.807) is 6.33 Å². The number of anilines is 2. The lowest BCUT2D eigenvalue weighted by atomic mass is 9.99. The zero-order valence-electron chi connectivity index (χ0n) is 14.7. The average molecular weight is 357 g/mol. The highest BCUT2D eigenvalue weighted by atomic mass is 35.5. The Kier molecular flexibility index (Phi) is 8.21. The van der Waals surface area contributed by atoms with Gasteiger partial charge in [-0.2, -0.15) is 0 Å². The molecule has 2 heterocycles. The van der Waals surface area contributed by atoms with E-state index in [1.807, 2.05) is 27.0 Å². The van der Waals surface area contributed by atoms with Crippen LogP contribution in [0.5, 0.6) is 0 Å². The maximum absolute atomic E-state index is 12.2. The van der Waals surface area contributed by atoms with Gasteiger partial charge in [0.25, 0.3) is 0 Å². The van der Waals surface area contributed by atoms with E-state index in [9.17, 15) is 4.79 Å². The molecule has 1 aliphatic rings. The molecule has 24 heavy (non-hydrogen) atoms. The van der Waals surface area contributed by atoms with Gasteiger partial charge in [-0.3, -0.25) is 4.79 Å². The van der Waals surface area contributed by atoms with Crippen LogP contribution in [0.15, 0.2) is 12.4 Å². The van der Waals surface area contributed by atoms with Gasteiger partial charge in [-0.25, -0.2) is 9.97 Å². The van der Waals surface area contributed by atoms with Gasteiger partial charge >= 0.3 is 0 Å². The molecule has 0 saturated carbocycles. The number of amides is 1. The fourth-order valence-corrected chi connectivity index (χ4v) is 2.84. The van der Waals surface area contributed by atoms with Gasteiger partial charge in [0, 0.05) is 32.2 Å². The van der Waals surface area contributed by atoms with Crippen LogP contribution in [0.2, 0.25) is 0 Å². The van der Waals surface area contributed by atoms with Gasteiger partial charge < -0.3 is 21.3 Å². The summed E-state index contributed by atoms with van der Waals surface area (Å²) in [5.74, 6) is 1.82. The van der Waals surface area contributed by atoms with Crippen LogP contribution in [0.4, 0.5) is 11.6 Å². The molecule has 3 unspecified atom stereocenters. The summed E-state index contributed by atoms with van der Waals surface area (Å²) in [4.78, 5) is 22.9. The van der Waals surface area contributed by atoms with Crippen LogP contribution in [-0.4, -0.2) is 48.1 Å². The quantitative estimate of drug-likeness (QED) is 0.683. The Morgan fingerprint density at radius 1 is 1.50 bits per heavy atom. The first-order valence-electron chi connectivity index (χ1n) is 8.36. The Bertz CT molecular complexity index is 529. The minimum atomic E-state index is -0.440. The summed E-state index contributed by atoms with van der Waals surface area (Å²) < 4.78 is 0. The second kappa shape index (κ2) is 9.64. The summed E-state index contributed by atoms with van der Waals surface area (Å²) in [6.07, 6.45) is 4.60. The molecule has 136 valence electrons. The molecule has 0 radical (unpaired) electrons. The first-order chi connectivity index (χ1) is 11.1. The van der Waals surface area contributed by atoms with Crippen LogP contribution >= 0.6 is 12.4 Å². The number of halogens is 1. The van der Waals surface area contributed by atoms with Gasteiger partial charge in [-0.1, -0.05) is 20.3 Å². The summed E-state index contributed by atoms with van der Waals surface area (Å²) in [5, 5.41) is 6.03. The van der Waals surface area contributed by atoms with Crippen LogP contribution in [0.25, 0.3) is 0 Å². The number of nitrogens with two attached hydrogens (primary N) is 1. The fraction of sp³-hybridized carbons (Fsp3) is 0.688. The van der Waals surface area contributed by atoms with Crippen LogP contribution < -0.4 is 21.3 Å². The van der Waals surface area contributed by atoms with Gasteiger partial charge in [-0.15, -0.1) is 12.4 Å². The molecule has 8 heteroatoms. The van der Waals surface area contributed by atoms with Crippen LogP contribution in [0.1, 0.15) is 33.1 Å². The van der Waals surface area contributed by atoms with Crippen molar-refractivity contribution in [1.82, 2.24) is 15.3 Å². The Hall–Kier alpha value is -1.60. The lowest BCUT2D eigenvalue weighted by Crippen LogP contribution is -2.48. The van der Waals surface area contributed by atoms with E-state index in [2.05, 4.69) is 25.5 Å². The monoisotopic (exact) mass is 356 g/mol. The van der Waals surface area contributed by atoms with E-state index in [-0.39, 0.29) is 30.3 Å². The molecule has 1 saturated heterocycles. The predicted octanol–water partition coefficient (Wildman–Crippen LogP) is 1.40. The maximum atomic E-state index is 12.2. The van der Waals surface area contributed by atoms with E-state index >= 15 is 0 Å².